The van der Waals surface area contributed by atoms with Gasteiger partial charge in [-0.2, -0.15) is 0 Å². The first-order valence-corrected chi connectivity index (χ1v) is 10.7. The van der Waals surface area contributed by atoms with Crippen LogP contribution < -0.4 is 21.1 Å². The highest BCUT2D eigenvalue weighted by atomic mass is 16.5. The van der Waals surface area contributed by atoms with E-state index in [0.717, 1.165) is 65.2 Å². The summed E-state index contributed by atoms with van der Waals surface area (Å²) in [5, 5.41) is 6.17. The molecule has 3 aromatic rings. The minimum atomic E-state index is -0.382. The van der Waals surface area contributed by atoms with Gasteiger partial charge in [0.1, 0.15) is 23.1 Å². The number of nitrogens with zero attached hydrogens (tertiary/aromatic N) is 2. The number of rotatable bonds is 5. The fourth-order valence-electron chi connectivity index (χ4n) is 4.65. The van der Waals surface area contributed by atoms with E-state index in [1.54, 1.807) is 0 Å². The maximum atomic E-state index is 12.2. The standard InChI is InChI=1S/C23H23N5O3/c24-21(29)19(12-2-3-12)26-15-9-17-20-18(10-15)31-7-1-6-28(20)22(27-17)13-4-5-14-11-25-23(30)16(14)8-13/h4-5,8-10,12,19,26H,1-3,6-7,11H2,(H2,24,29)(H,25,30)/t19-/m0/s1. The second-order valence-electron chi connectivity index (χ2n) is 8.55. The number of carbonyl (C=O) groups is 2. The van der Waals surface area contributed by atoms with E-state index in [1.165, 1.54) is 0 Å². The highest BCUT2D eigenvalue weighted by Crippen LogP contribution is 2.38. The normalized spacial score (nSPS) is 18.1. The molecule has 6 rings (SSSR count). The molecular formula is C23H23N5O3. The molecule has 8 nitrogen and oxygen atoms in total. The Bertz CT molecular complexity index is 1240. The number of hydrogen-bond acceptors (Lipinski definition) is 5. The van der Waals surface area contributed by atoms with E-state index < -0.39 is 0 Å². The molecule has 2 aliphatic heterocycles. The molecule has 1 saturated carbocycles. The van der Waals surface area contributed by atoms with E-state index in [2.05, 4.69) is 15.2 Å². The summed E-state index contributed by atoms with van der Waals surface area (Å²) in [5.41, 5.74) is 10.7. The second kappa shape index (κ2) is 6.73. The minimum absolute atomic E-state index is 0.0445. The average molecular weight is 417 g/mol. The van der Waals surface area contributed by atoms with E-state index in [-0.39, 0.29) is 17.9 Å². The number of fused-ring (bicyclic) bond motifs is 1. The van der Waals surface area contributed by atoms with Crippen molar-refractivity contribution in [2.24, 2.45) is 11.7 Å². The zero-order valence-electron chi connectivity index (χ0n) is 17.0. The average Bonchev–Trinajstić information content (AvgIpc) is 3.48. The van der Waals surface area contributed by atoms with Gasteiger partial charge in [0.2, 0.25) is 5.91 Å². The molecule has 1 aromatic heterocycles. The van der Waals surface area contributed by atoms with Crippen molar-refractivity contribution < 1.29 is 14.3 Å². The molecule has 3 heterocycles. The summed E-state index contributed by atoms with van der Waals surface area (Å²) in [6, 6.07) is 9.43. The molecule has 1 atom stereocenters. The largest absolute Gasteiger partial charge is 0.491 e. The van der Waals surface area contributed by atoms with Gasteiger partial charge in [-0.25, -0.2) is 4.98 Å². The van der Waals surface area contributed by atoms with Gasteiger partial charge in [0.15, 0.2) is 0 Å². The third-order valence-electron chi connectivity index (χ3n) is 6.36. The summed E-state index contributed by atoms with van der Waals surface area (Å²) in [4.78, 5) is 29.0. The van der Waals surface area contributed by atoms with Crippen LogP contribution in [0.5, 0.6) is 5.75 Å². The Labute approximate surface area is 178 Å². The summed E-state index contributed by atoms with van der Waals surface area (Å²) >= 11 is 0. The van der Waals surface area contributed by atoms with Crippen LogP contribution in [0.2, 0.25) is 0 Å². The summed E-state index contributed by atoms with van der Waals surface area (Å²) in [7, 11) is 0. The van der Waals surface area contributed by atoms with Crippen molar-refractivity contribution in [3.05, 3.63) is 41.5 Å². The quantitative estimate of drug-likeness (QED) is 0.590. The lowest BCUT2D eigenvalue weighted by molar-refractivity contribution is -0.119. The molecule has 4 N–H and O–H groups in total. The zero-order chi connectivity index (χ0) is 21.1. The molecule has 3 aliphatic rings. The number of amides is 2. The number of ether oxygens (including phenoxy) is 1. The zero-order valence-corrected chi connectivity index (χ0v) is 17.0. The van der Waals surface area contributed by atoms with E-state index >= 15 is 0 Å². The van der Waals surface area contributed by atoms with E-state index in [4.69, 9.17) is 15.5 Å². The van der Waals surface area contributed by atoms with Crippen LogP contribution in [0.4, 0.5) is 5.69 Å². The molecule has 158 valence electrons. The molecule has 0 saturated heterocycles. The smallest absolute Gasteiger partial charge is 0.251 e. The first kappa shape index (κ1) is 18.2. The van der Waals surface area contributed by atoms with Crippen molar-refractivity contribution in [3.8, 4) is 17.1 Å². The van der Waals surface area contributed by atoms with Crippen LogP contribution >= 0.6 is 0 Å². The third kappa shape index (κ3) is 3.01. The highest BCUT2D eigenvalue weighted by molar-refractivity contribution is 5.99. The molecule has 1 aliphatic carbocycles. The van der Waals surface area contributed by atoms with Gasteiger partial charge in [-0.1, -0.05) is 12.1 Å². The molecule has 2 aromatic carbocycles. The summed E-state index contributed by atoms with van der Waals surface area (Å²) in [6.07, 6.45) is 2.88. The molecule has 0 radical (unpaired) electrons. The number of aryl methyl sites for hydroxylation is 1. The fraction of sp³-hybridized carbons (Fsp3) is 0.348. The van der Waals surface area contributed by atoms with Gasteiger partial charge in [0.05, 0.1) is 12.1 Å². The van der Waals surface area contributed by atoms with E-state index in [1.807, 2.05) is 30.3 Å². The molecule has 8 heteroatoms. The number of nitrogens with one attached hydrogen (secondary N) is 2. The van der Waals surface area contributed by atoms with Crippen LogP contribution in [-0.4, -0.2) is 34.0 Å². The predicted molar refractivity (Wildman–Crippen MR) is 116 cm³/mol. The lowest BCUT2D eigenvalue weighted by atomic mass is 10.1. The lowest BCUT2D eigenvalue weighted by Crippen LogP contribution is -2.37. The molecule has 0 spiro atoms. The van der Waals surface area contributed by atoms with Crippen molar-refractivity contribution in [3.63, 3.8) is 0 Å². The topological polar surface area (TPSA) is 111 Å². The first-order chi connectivity index (χ1) is 15.1. The van der Waals surface area contributed by atoms with Crippen molar-refractivity contribution in [1.82, 2.24) is 14.9 Å². The van der Waals surface area contributed by atoms with Crippen molar-refractivity contribution in [1.29, 1.82) is 0 Å². The SMILES string of the molecule is NC(=O)[C@@H](Nc1cc2c3c(c1)nc(-c1ccc4c(c1)C(=O)NC4)n3CCCO2)C1CC1. The monoisotopic (exact) mass is 417 g/mol. The molecule has 2 amide bonds. The van der Waals surface area contributed by atoms with Crippen LogP contribution in [0.25, 0.3) is 22.4 Å². The molecule has 31 heavy (non-hydrogen) atoms. The van der Waals surface area contributed by atoms with Gasteiger partial charge < -0.3 is 25.7 Å². The van der Waals surface area contributed by atoms with E-state index in [0.29, 0.717) is 24.6 Å². The number of hydrogen-bond donors (Lipinski definition) is 3. The number of nitrogens with two attached hydrogens (primary N) is 1. The molecule has 0 bridgehead atoms. The number of benzene rings is 2. The van der Waals surface area contributed by atoms with E-state index in [9.17, 15) is 9.59 Å². The van der Waals surface area contributed by atoms with Crippen LogP contribution in [0, 0.1) is 5.92 Å². The van der Waals surface area contributed by atoms with Gasteiger partial charge in [-0.15, -0.1) is 0 Å². The number of anilines is 1. The Balaban J connectivity index is 1.46. The number of primary amides is 1. The minimum Gasteiger partial charge on any atom is -0.491 e. The maximum Gasteiger partial charge on any atom is 0.251 e. The summed E-state index contributed by atoms with van der Waals surface area (Å²) in [5.74, 6) is 1.47. The Hall–Kier alpha value is -3.55. The predicted octanol–water partition coefficient (Wildman–Crippen LogP) is 2.41. The van der Waals surface area contributed by atoms with Crippen LogP contribution in [0.1, 0.15) is 35.2 Å². The summed E-state index contributed by atoms with van der Waals surface area (Å²) < 4.78 is 8.21. The third-order valence-corrected chi connectivity index (χ3v) is 6.36. The molecule has 0 unspecified atom stereocenters. The number of carbonyl (C=O) groups excluding carboxylic acids is 2. The van der Waals surface area contributed by atoms with Crippen LogP contribution in [-0.2, 0) is 17.9 Å². The first-order valence-electron chi connectivity index (χ1n) is 10.7. The summed E-state index contributed by atoms with van der Waals surface area (Å²) in [6.45, 7) is 1.95. The van der Waals surface area contributed by atoms with Crippen molar-refractivity contribution in [2.75, 3.05) is 11.9 Å². The fourth-order valence-corrected chi connectivity index (χ4v) is 4.65. The van der Waals surface area contributed by atoms with Crippen molar-refractivity contribution >= 4 is 28.5 Å². The van der Waals surface area contributed by atoms with Gasteiger partial charge in [-0.05, 0) is 42.9 Å². The number of aromatic nitrogens is 2. The van der Waals surface area contributed by atoms with Crippen molar-refractivity contribution in [2.45, 2.75) is 38.4 Å². The lowest BCUT2D eigenvalue weighted by Gasteiger charge is -2.17. The van der Waals surface area contributed by atoms with Gasteiger partial charge in [0.25, 0.3) is 5.91 Å². The maximum absolute atomic E-state index is 12.2. The molecule has 1 fully saturated rings. The van der Waals surface area contributed by atoms with Gasteiger partial charge >= 0.3 is 0 Å². The Morgan fingerprint density at radius 2 is 2.16 bits per heavy atom. The Morgan fingerprint density at radius 1 is 1.29 bits per heavy atom. The Morgan fingerprint density at radius 3 is 2.97 bits per heavy atom. The van der Waals surface area contributed by atoms with Crippen LogP contribution in [0.15, 0.2) is 30.3 Å². The van der Waals surface area contributed by atoms with Crippen LogP contribution in [0.3, 0.4) is 0 Å². The molecular weight excluding hydrogens is 394 g/mol. The van der Waals surface area contributed by atoms with Gasteiger partial charge in [0, 0.05) is 36.0 Å². The highest BCUT2D eigenvalue weighted by Gasteiger charge is 2.35. The number of imidazole rings is 1. The Kier molecular flexibility index (Phi) is 3.96. The van der Waals surface area contributed by atoms with Gasteiger partial charge in [-0.3, -0.25) is 9.59 Å². The second-order valence-corrected chi connectivity index (χ2v) is 8.55.